The number of carbonyl (C=O) groups excluding carboxylic acids is 2. The highest BCUT2D eigenvalue weighted by Crippen LogP contribution is 2.42. The zero-order valence-corrected chi connectivity index (χ0v) is 16.7. The number of carbonyl (C=O) groups is 2. The number of Topliss-reactive ketones (excluding diaryl/α,β-unsaturated/α-hetero) is 1. The van der Waals surface area contributed by atoms with Crippen LogP contribution in [0.15, 0.2) is 78.6 Å². The highest BCUT2D eigenvalue weighted by atomic mass is 19.1. The Kier molecular flexibility index (Phi) is 5.49. The van der Waals surface area contributed by atoms with E-state index in [1.54, 1.807) is 36.4 Å². The minimum absolute atomic E-state index is 0.0610. The molecule has 0 bridgehead atoms. The number of ether oxygens (including phenoxy) is 1. The van der Waals surface area contributed by atoms with Crippen LogP contribution >= 0.6 is 0 Å². The number of aliphatic hydroxyl groups is 1. The van der Waals surface area contributed by atoms with Gasteiger partial charge in [-0.3, -0.25) is 19.5 Å². The molecule has 1 saturated heterocycles. The summed E-state index contributed by atoms with van der Waals surface area (Å²) < 4.78 is 18.9. The molecule has 0 aliphatic carbocycles. The summed E-state index contributed by atoms with van der Waals surface area (Å²) in [6.45, 7) is 2.28. The van der Waals surface area contributed by atoms with Crippen molar-refractivity contribution in [1.29, 1.82) is 0 Å². The van der Waals surface area contributed by atoms with Crippen LogP contribution in [0.5, 0.6) is 5.75 Å². The van der Waals surface area contributed by atoms with E-state index in [0.29, 0.717) is 29.2 Å². The molecule has 156 valence electrons. The SMILES string of the molecule is CCOc1cccc(/C(O)=C2/C(=O)C(=O)N(c3ccc(F)cc3)C2c2ccncc2)c1. The summed E-state index contributed by atoms with van der Waals surface area (Å²) >= 11 is 0. The van der Waals surface area contributed by atoms with Crippen molar-refractivity contribution in [1.82, 2.24) is 4.98 Å². The lowest BCUT2D eigenvalue weighted by Crippen LogP contribution is -2.29. The first-order valence-electron chi connectivity index (χ1n) is 9.71. The number of nitrogens with zero attached hydrogens (tertiary/aromatic N) is 2. The van der Waals surface area contributed by atoms with Crippen LogP contribution in [-0.4, -0.2) is 28.4 Å². The second-order valence-corrected chi connectivity index (χ2v) is 6.89. The molecule has 1 aliphatic rings. The summed E-state index contributed by atoms with van der Waals surface area (Å²) in [6, 6.07) is 14.4. The molecule has 1 atom stereocenters. The summed E-state index contributed by atoms with van der Waals surface area (Å²) in [5, 5.41) is 11.1. The maximum Gasteiger partial charge on any atom is 0.300 e. The van der Waals surface area contributed by atoms with Crippen LogP contribution in [0.3, 0.4) is 0 Å². The zero-order chi connectivity index (χ0) is 22.0. The van der Waals surface area contributed by atoms with Crippen molar-refractivity contribution in [2.45, 2.75) is 13.0 Å². The molecule has 4 rings (SSSR count). The third-order valence-corrected chi connectivity index (χ3v) is 4.99. The van der Waals surface area contributed by atoms with Gasteiger partial charge in [-0.25, -0.2) is 4.39 Å². The number of hydrogen-bond donors (Lipinski definition) is 1. The molecular formula is C24H19FN2O4. The van der Waals surface area contributed by atoms with E-state index in [4.69, 9.17) is 4.74 Å². The highest BCUT2D eigenvalue weighted by Gasteiger charge is 2.47. The van der Waals surface area contributed by atoms with E-state index < -0.39 is 23.5 Å². The molecule has 6 nitrogen and oxygen atoms in total. The maximum absolute atomic E-state index is 13.5. The van der Waals surface area contributed by atoms with Crippen LogP contribution < -0.4 is 9.64 Å². The van der Waals surface area contributed by atoms with Crippen LogP contribution in [-0.2, 0) is 9.59 Å². The summed E-state index contributed by atoms with van der Waals surface area (Å²) in [7, 11) is 0. The van der Waals surface area contributed by atoms with E-state index in [1.807, 2.05) is 6.92 Å². The van der Waals surface area contributed by atoms with Gasteiger partial charge in [0.1, 0.15) is 17.3 Å². The predicted molar refractivity (Wildman–Crippen MR) is 113 cm³/mol. The monoisotopic (exact) mass is 418 g/mol. The third kappa shape index (κ3) is 3.77. The Hall–Kier alpha value is -4.00. The molecule has 1 unspecified atom stereocenters. The van der Waals surface area contributed by atoms with E-state index >= 15 is 0 Å². The number of ketones is 1. The number of anilines is 1. The average molecular weight is 418 g/mol. The number of pyridine rings is 1. The Morgan fingerprint density at radius 3 is 2.48 bits per heavy atom. The van der Waals surface area contributed by atoms with Gasteiger partial charge < -0.3 is 9.84 Å². The van der Waals surface area contributed by atoms with Gasteiger partial charge in [-0.15, -0.1) is 0 Å². The van der Waals surface area contributed by atoms with Gasteiger partial charge in [0, 0.05) is 23.6 Å². The van der Waals surface area contributed by atoms with Crippen LogP contribution in [0.25, 0.3) is 5.76 Å². The molecular weight excluding hydrogens is 399 g/mol. The van der Waals surface area contributed by atoms with Crippen molar-refractivity contribution in [2.24, 2.45) is 0 Å². The highest BCUT2D eigenvalue weighted by molar-refractivity contribution is 6.51. The van der Waals surface area contributed by atoms with Gasteiger partial charge in [-0.1, -0.05) is 12.1 Å². The van der Waals surface area contributed by atoms with Gasteiger partial charge in [0.25, 0.3) is 11.7 Å². The molecule has 7 heteroatoms. The Labute approximate surface area is 178 Å². The van der Waals surface area contributed by atoms with Crippen molar-refractivity contribution >= 4 is 23.1 Å². The second kappa shape index (κ2) is 8.39. The van der Waals surface area contributed by atoms with Gasteiger partial charge in [-0.2, -0.15) is 0 Å². The molecule has 2 aromatic carbocycles. The number of rotatable bonds is 5. The Morgan fingerprint density at radius 1 is 1.10 bits per heavy atom. The fourth-order valence-electron chi connectivity index (χ4n) is 3.62. The quantitative estimate of drug-likeness (QED) is 0.381. The van der Waals surface area contributed by atoms with Crippen molar-refractivity contribution in [3.8, 4) is 5.75 Å². The van der Waals surface area contributed by atoms with Crippen LogP contribution in [0, 0.1) is 5.82 Å². The first kappa shape index (κ1) is 20.3. The minimum atomic E-state index is -0.899. The van der Waals surface area contributed by atoms with Gasteiger partial charge in [0.15, 0.2) is 0 Å². The normalized spacial score (nSPS) is 17.7. The lowest BCUT2D eigenvalue weighted by Gasteiger charge is -2.25. The molecule has 1 fully saturated rings. The zero-order valence-electron chi connectivity index (χ0n) is 16.7. The number of benzene rings is 2. The lowest BCUT2D eigenvalue weighted by atomic mass is 9.95. The number of amides is 1. The number of hydrogen-bond acceptors (Lipinski definition) is 5. The summed E-state index contributed by atoms with van der Waals surface area (Å²) in [4.78, 5) is 31.3. The molecule has 1 aliphatic heterocycles. The van der Waals surface area contributed by atoms with Crippen molar-refractivity contribution in [3.63, 3.8) is 0 Å². The molecule has 2 heterocycles. The number of halogens is 1. The van der Waals surface area contributed by atoms with E-state index in [1.165, 1.54) is 41.6 Å². The summed E-state index contributed by atoms with van der Waals surface area (Å²) in [6.07, 6.45) is 3.08. The Morgan fingerprint density at radius 2 is 1.81 bits per heavy atom. The smallest absolute Gasteiger partial charge is 0.300 e. The summed E-state index contributed by atoms with van der Waals surface area (Å²) in [5.74, 6) is -1.89. The predicted octanol–water partition coefficient (Wildman–Crippen LogP) is 4.25. The standard InChI is InChI=1S/C24H19FN2O4/c1-2-31-19-5-3-4-16(14-19)22(28)20-21(15-10-12-26-13-11-15)27(24(30)23(20)29)18-8-6-17(25)7-9-18/h3-14,21,28H,2H2,1H3/b22-20-. The molecule has 0 saturated carbocycles. The molecule has 3 aromatic rings. The van der Waals surface area contributed by atoms with Gasteiger partial charge in [0.2, 0.25) is 0 Å². The van der Waals surface area contributed by atoms with E-state index in [0.717, 1.165) is 0 Å². The van der Waals surface area contributed by atoms with Gasteiger partial charge >= 0.3 is 0 Å². The van der Waals surface area contributed by atoms with Crippen LogP contribution in [0.2, 0.25) is 0 Å². The molecule has 0 radical (unpaired) electrons. The van der Waals surface area contributed by atoms with Gasteiger partial charge in [-0.05, 0) is 61.0 Å². The first-order valence-corrected chi connectivity index (χ1v) is 9.71. The second-order valence-electron chi connectivity index (χ2n) is 6.89. The molecule has 1 aromatic heterocycles. The van der Waals surface area contributed by atoms with Crippen LogP contribution in [0.1, 0.15) is 24.1 Å². The number of aliphatic hydroxyl groups excluding tert-OH is 1. The maximum atomic E-state index is 13.5. The largest absolute Gasteiger partial charge is 0.507 e. The molecule has 0 spiro atoms. The Bertz CT molecular complexity index is 1160. The van der Waals surface area contributed by atoms with Crippen molar-refractivity contribution in [2.75, 3.05) is 11.5 Å². The fraction of sp³-hybridized carbons (Fsp3) is 0.125. The van der Waals surface area contributed by atoms with Crippen LogP contribution in [0.4, 0.5) is 10.1 Å². The van der Waals surface area contributed by atoms with E-state index in [2.05, 4.69) is 4.98 Å². The fourth-order valence-corrected chi connectivity index (χ4v) is 3.62. The average Bonchev–Trinajstić information content (AvgIpc) is 3.05. The van der Waals surface area contributed by atoms with Crippen molar-refractivity contribution < 1.29 is 23.8 Å². The van der Waals surface area contributed by atoms with Crippen molar-refractivity contribution in [3.05, 3.63) is 95.6 Å². The molecule has 1 N–H and O–H groups in total. The first-order chi connectivity index (χ1) is 15.0. The molecule has 31 heavy (non-hydrogen) atoms. The summed E-state index contributed by atoms with van der Waals surface area (Å²) in [5.41, 5.74) is 1.21. The van der Waals surface area contributed by atoms with E-state index in [-0.39, 0.29) is 11.3 Å². The van der Waals surface area contributed by atoms with Gasteiger partial charge in [0.05, 0.1) is 18.2 Å². The topological polar surface area (TPSA) is 79.7 Å². The number of aromatic nitrogens is 1. The minimum Gasteiger partial charge on any atom is -0.507 e. The molecule has 1 amide bonds. The van der Waals surface area contributed by atoms with E-state index in [9.17, 15) is 19.1 Å². The Balaban J connectivity index is 1.90. The lowest BCUT2D eigenvalue weighted by molar-refractivity contribution is -0.132. The third-order valence-electron chi connectivity index (χ3n) is 4.99.